The summed E-state index contributed by atoms with van der Waals surface area (Å²) in [6.07, 6.45) is 1.94. The van der Waals surface area contributed by atoms with Crippen LogP contribution in [0, 0.1) is 17.2 Å². The molecule has 0 radical (unpaired) electrons. The van der Waals surface area contributed by atoms with Crippen LogP contribution in [0.4, 0.5) is 0 Å². The molecule has 0 saturated carbocycles. The molecule has 1 atom stereocenters. The van der Waals surface area contributed by atoms with Crippen LogP contribution in [-0.4, -0.2) is 36.5 Å². The summed E-state index contributed by atoms with van der Waals surface area (Å²) in [6.45, 7) is 9.99. The molecule has 0 aliphatic heterocycles. The van der Waals surface area contributed by atoms with Gasteiger partial charge in [0.15, 0.2) is 0 Å². The van der Waals surface area contributed by atoms with E-state index in [9.17, 15) is 4.79 Å². The van der Waals surface area contributed by atoms with Crippen LogP contribution in [0.25, 0.3) is 0 Å². The maximum absolute atomic E-state index is 11.9. The molecule has 1 unspecified atom stereocenters. The molecule has 0 rings (SSSR count). The van der Waals surface area contributed by atoms with E-state index in [-0.39, 0.29) is 11.9 Å². The Bertz CT molecular complexity index is 258. The fourth-order valence-corrected chi connectivity index (χ4v) is 1.59. The fraction of sp³-hybridized carbons (Fsp3) is 0.846. The van der Waals surface area contributed by atoms with Crippen LogP contribution in [0.3, 0.4) is 0 Å². The lowest BCUT2D eigenvalue weighted by Gasteiger charge is -2.25. The molecule has 0 aromatic rings. The van der Waals surface area contributed by atoms with Gasteiger partial charge in [0, 0.05) is 6.54 Å². The Hall–Kier alpha value is -1.08. The zero-order valence-electron chi connectivity index (χ0n) is 11.5. The summed E-state index contributed by atoms with van der Waals surface area (Å²) in [4.78, 5) is 13.8. The van der Waals surface area contributed by atoms with Gasteiger partial charge in [0.1, 0.15) is 0 Å². The van der Waals surface area contributed by atoms with Crippen molar-refractivity contribution in [3.8, 4) is 6.07 Å². The summed E-state index contributed by atoms with van der Waals surface area (Å²) < 4.78 is 0. The summed E-state index contributed by atoms with van der Waals surface area (Å²) in [6, 6.07) is 1.89. The van der Waals surface area contributed by atoms with Crippen LogP contribution in [0.5, 0.6) is 0 Å². The number of nitrogens with zero attached hydrogens (tertiary/aromatic N) is 2. The maximum Gasteiger partial charge on any atom is 0.237 e. The molecular weight excluding hydrogens is 214 g/mol. The molecule has 0 aromatic carbocycles. The minimum atomic E-state index is -0.221. The second-order valence-corrected chi connectivity index (χ2v) is 4.78. The zero-order valence-corrected chi connectivity index (χ0v) is 11.5. The first kappa shape index (κ1) is 15.9. The van der Waals surface area contributed by atoms with Gasteiger partial charge in [-0.25, -0.2) is 0 Å². The van der Waals surface area contributed by atoms with Crippen LogP contribution in [0.1, 0.15) is 40.5 Å². The lowest BCUT2D eigenvalue weighted by molar-refractivity contribution is -0.125. The van der Waals surface area contributed by atoms with Gasteiger partial charge in [-0.2, -0.15) is 5.26 Å². The number of carbonyl (C=O) groups is 1. The van der Waals surface area contributed by atoms with Crippen molar-refractivity contribution in [2.24, 2.45) is 5.92 Å². The van der Waals surface area contributed by atoms with Crippen molar-refractivity contribution >= 4 is 5.91 Å². The van der Waals surface area contributed by atoms with Gasteiger partial charge >= 0.3 is 0 Å². The monoisotopic (exact) mass is 239 g/mol. The lowest BCUT2D eigenvalue weighted by atomic mass is 10.1. The van der Waals surface area contributed by atoms with E-state index in [0.717, 1.165) is 19.4 Å². The molecule has 1 N–H and O–H groups in total. The molecule has 4 nitrogen and oxygen atoms in total. The highest BCUT2D eigenvalue weighted by atomic mass is 16.2. The van der Waals surface area contributed by atoms with Crippen molar-refractivity contribution in [2.75, 3.05) is 19.6 Å². The largest absolute Gasteiger partial charge is 0.355 e. The van der Waals surface area contributed by atoms with Crippen LogP contribution < -0.4 is 5.32 Å². The predicted octanol–water partition coefficient (Wildman–Crippen LogP) is 1.77. The van der Waals surface area contributed by atoms with Crippen molar-refractivity contribution < 1.29 is 4.79 Å². The third-order valence-corrected chi connectivity index (χ3v) is 2.73. The second kappa shape index (κ2) is 9.00. The number of nitriles is 1. The summed E-state index contributed by atoms with van der Waals surface area (Å²) in [5.41, 5.74) is 0. The standard InChI is InChI=1S/C13H25N3O/c1-5-9-16(10-7-14)12(4)13(17)15-8-6-11(2)3/h11-12H,5-6,8-10H2,1-4H3,(H,15,17). The number of amides is 1. The van der Waals surface area contributed by atoms with Gasteiger partial charge in [0.2, 0.25) is 5.91 Å². The minimum Gasteiger partial charge on any atom is -0.355 e. The van der Waals surface area contributed by atoms with E-state index in [1.807, 2.05) is 18.7 Å². The summed E-state index contributed by atoms with van der Waals surface area (Å²) >= 11 is 0. The Morgan fingerprint density at radius 2 is 2.06 bits per heavy atom. The summed E-state index contributed by atoms with van der Waals surface area (Å²) in [5, 5.41) is 11.6. The highest BCUT2D eigenvalue weighted by molar-refractivity contribution is 5.81. The molecule has 17 heavy (non-hydrogen) atoms. The zero-order chi connectivity index (χ0) is 13.3. The first-order valence-corrected chi connectivity index (χ1v) is 6.41. The molecule has 0 aromatic heterocycles. The van der Waals surface area contributed by atoms with Gasteiger partial charge in [-0.3, -0.25) is 9.69 Å². The molecule has 4 heteroatoms. The topological polar surface area (TPSA) is 56.1 Å². The van der Waals surface area contributed by atoms with Crippen LogP contribution in [-0.2, 0) is 4.79 Å². The minimum absolute atomic E-state index is 0.0225. The van der Waals surface area contributed by atoms with Crippen molar-refractivity contribution in [3.05, 3.63) is 0 Å². The van der Waals surface area contributed by atoms with E-state index in [0.29, 0.717) is 19.0 Å². The average Bonchev–Trinajstić information content (AvgIpc) is 2.27. The van der Waals surface area contributed by atoms with Gasteiger partial charge in [-0.1, -0.05) is 20.8 Å². The molecular formula is C13H25N3O. The van der Waals surface area contributed by atoms with E-state index < -0.39 is 0 Å². The van der Waals surface area contributed by atoms with E-state index >= 15 is 0 Å². The molecule has 0 aliphatic carbocycles. The van der Waals surface area contributed by atoms with Gasteiger partial charge in [-0.15, -0.1) is 0 Å². The number of rotatable bonds is 8. The van der Waals surface area contributed by atoms with E-state index in [4.69, 9.17) is 5.26 Å². The van der Waals surface area contributed by atoms with Crippen LogP contribution in [0.15, 0.2) is 0 Å². The fourth-order valence-electron chi connectivity index (χ4n) is 1.59. The molecule has 1 amide bonds. The molecule has 0 heterocycles. The smallest absolute Gasteiger partial charge is 0.237 e. The molecule has 0 spiro atoms. The van der Waals surface area contributed by atoms with Crippen molar-refractivity contribution in [1.29, 1.82) is 5.26 Å². The molecule has 0 saturated heterocycles. The number of hydrogen-bond donors (Lipinski definition) is 1. The van der Waals surface area contributed by atoms with E-state index in [2.05, 4.69) is 25.2 Å². The first-order chi connectivity index (χ1) is 8.02. The molecule has 0 fully saturated rings. The lowest BCUT2D eigenvalue weighted by Crippen LogP contribution is -2.46. The number of nitrogens with one attached hydrogen (secondary N) is 1. The Morgan fingerprint density at radius 3 is 2.53 bits per heavy atom. The van der Waals surface area contributed by atoms with Crippen LogP contribution in [0.2, 0.25) is 0 Å². The highest BCUT2D eigenvalue weighted by Gasteiger charge is 2.19. The Balaban J connectivity index is 4.11. The maximum atomic E-state index is 11.9. The number of carbonyl (C=O) groups excluding carboxylic acids is 1. The molecule has 98 valence electrons. The average molecular weight is 239 g/mol. The summed E-state index contributed by atoms with van der Waals surface area (Å²) in [5.74, 6) is 0.616. The first-order valence-electron chi connectivity index (χ1n) is 6.41. The Labute approximate surface area is 105 Å². The third-order valence-electron chi connectivity index (χ3n) is 2.73. The SMILES string of the molecule is CCCN(CC#N)C(C)C(=O)NCCC(C)C. The van der Waals surface area contributed by atoms with Gasteiger partial charge in [0.25, 0.3) is 0 Å². The Morgan fingerprint density at radius 1 is 1.41 bits per heavy atom. The normalized spacial score (nSPS) is 12.5. The van der Waals surface area contributed by atoms with Gasteiger partial charge in [0.05, 0.1) is 18.7 Å². The second-order valence-electron chi connectivity index (χ2n) is 4.78. The molecule has 0 bridgehead atoms. The van der Waals surface area contributed by atoms with E-state index in [1.54, 1.807) is 0 Å². The van der Waals surface area contributed by atoms with Gasteiger partial charge < -0.3 is 5.32 Å². The van der Waals surface area contributed by atoms with E-state index in [1.165, 1.54) is 0 Å². The van der Waals surface area contributed by atoms with Crippen molar-refractivity contribution in [3.63, 3.8) is 0 Å². The van der Waals surface area contributed by atoms with Crippen molar-refractivity contribution in [2.45, 2.75) is 46.6 Å². The van der Waals surface area contributed by atoms with Crippen molar-refractivity contribution in [1.82, 2.24) is 10.2 Å². The summed E-state index contributed by atoms with van der Waals surface area (Å²) in [7, 11) is 0. The third kappa shape index (κ3) is 6.96. The van der Waals surface area contributed by atoms with Crippen LogP contribution >= 0.6 is 0 Å². The quantitative estimate of drug-likeness (QED) is 0.657. The molecule has 0 aliphatic rings. The highest BCUT2D eigenvalue weighted by Crippen LogP contribution is 2.01. The number of hydrogen-bond acceptors (Lipinski definition) is 3. The predicted molar refractivity (Wildman–Crippen MR) is 69.4 cm³/mol. The van der Waals surface area contributed by atoms with Gasteiger partial charge in [-0.05, 0) is 32.2 Å². The Kier molecular flexibility index (Phi) is 8.43.